The zero-order chi connectivity index (χ0) is 17.0. The van der Waals surface area contributed by atoms with Crippen LogP contribution in [0, 0.1) is 6.92 Å². The smallest absolute Gasteiger partial charge is 0.318 e. The van der Waals surface area contributed by atoms with Gasteiger partial charge in [-0.2, -0.15) is 4.31 Å². The average Bonchev–Trinajstić information content (AvgIpc) is 2.53. The molecule has 0 amide bonds. The molecule has 6 heteroatoms. The number of carbonyl (C=O) groups is 1. The van der Waals surface area contributed by atoms with Gasteiger partial charge in [0.05, 0.1) is 4.90 Å². The number of hydrogen-bond donors (Lipinski definition) is 1. The van der Waals surface area contributed by atoms with Crippen LogP contribution in [0.1, 0.15) is 24.1 Å². The van der Waals surface area contributed by atoms with Gasteiger partial charge >= 0.3 is 5.97 Å². The van der Waals surface area contributed by atoms with E-state index in [9.17, 15) is 13.2 Å². The highest BCUT2D eigenvalue weighted by Gasteiger charge is 2.31. The van der Waals surface area contributed by atoms with E-state index in [2.05, 4.69) is 0 Å². The van der Waals surface area contributed by atoms with E-state index < -0.39 is 28.6 Å². The molecule has 0 aliphatic rings. The number of rotatable bonds is 6. The summed E-state index contributed by atoms with van der Waals surface area (Å²) in [5, 5.41) is 9.13. The molecule has 122 valence electrons. The largest absolute Gasteiger partial charge is 0.480 e. The van der Waals surface area contributed by atoms with E-state index >= 15 is 0 Å². The summed E-state index contributed by atoms with van der Waals surface area (Å²) in [4.78, 5) is 11.3. The van der Waals surface area contributed by atoms with Crippen molar-refractivity contribution in [1.29, 1.82) is 0 Å². The van der Waals surface area contributed by atoms with Gasteiger partial charge in [0.15, 0.2) is 0 Å². The number of aryl methyl sites for hydroxylation is 1. The summed E-state index contributed by atoms with van der Waals surface area (Å²) >= 11 is 0. The lowest BCUT2D eigenvalue weighted by Gasteiger charge is -2.27. The molecule has 1 N–H and O–H groups in total. The highest BCUT2D eigenvalue weighted by atomic mass is 32.2. The number of nitrogens with zero attached hydrogens (tertiary/aromatic N) is 1. The van der Waals surface area contributed by atoms with Gasteiger partial charge in [0.1, 0.15) is 6.54 Å². The summed E-state index contributed by atoms with van der Waals surface area (Å²) in [5.74, 6) is -1.19. The molecule has 0 aliphatic carbocycles. The van der Waals surface area contributed by atoms with Gasteiger partial charge in [-0.25, -0.2) is 8.42 Å². The molecule has 0 radical (unpaired) electrons. The van der Waals surface area contributed by atoms with Gasteiger partial charge in [-0.05, 0) is 31.5 Å². The van der Waals surface area contributed by atoms with Gasteiger partial charge in [0.25, 0.3) is 0 Å². The molecule has 0 aliphatic heterocycles. The fourth-order valence-corrected chi connectivity index (χ4v) is 3.88. The zero-order valence-electron chi connectivity index (χ0n) is 13.0. The number of sulfonamides is 1. The first-order valence-corrected chi connectivity index (χ1v) is 8.61. The topological polar surface area (TPSA) is 74.7 Å². The van der Waals surface area contributed by atoms with Gasteiger partial charge in [0, 0.05) is 6.04 Å². The van der Waals surface area contributed by atoms with Crippen molar-refractivity contribution in [3.63, 3.8) is 0 Å². The molecule has 2 aromatic carbocycles. The lowest BCUT2D eigenvalue weighted by Crippen LogP contribution is -2.37. The van der Waals surface area contributed by atoms with Crippen molar-refractivity contribution in [2.24, 2.45) is 0 Å². The third-order valence-electron chi connectivity index (χ3n) is 3.63. The van der Waals surface area contributed by atoms with Crippen LogP contribution in [-0.4, -0.2) is 30.3 Å². The number of benzene rings is 2. The van der Waals surface area contributed by atoms with E-state index in [4.69, 9.17) is 5.11 Å². The van der Waals surface area contributed by atoms with Crippen molar-refractivity contribution in [2.75, 3.05) is 6.54 Å². The van der Waals surface area contributed by atoms with Gasteiger partial charge in [-0.15, -0.1) is 0 Å². The van der Waals surface area contributed by atoms with E-state index in [1.807, 2.05) is 13.0 Å². The molecular weight excluding hydrogens is 314 g/mol. The number of carboxylic acids is 1. The minimum atomic E-state index is -3.91. The van der Waals surface area contributed by atoms with Crippen molar-refractivity contribution in [3.05, 3.63) is 65.7 Å². The Labute approximate surface area is 136 Å². The maximum Gasteiger partial charge on any atom is 0.318 e. The first-order valence-electron chi connectivity index (χ1n) is 7.17. The second kappa shape index (κ2) is 6.93. The molecule has 0 bridgehead atoms. The number of hydrogen-bond acceptors (Lipinski definition) is 3. The Morgan fingerprint density at radius 2 is 1.65 bits per heavy atom. The molecule has 0 fully saturated rings. The van der Waals surface area contributed by atoms with E-state index in [0.29, 0.717) is 0 Å². The number of aliphatic carboxylic acids is 1. The van der Waals surface area contributed by atoms with Crippen LogP contribution in [0.15, 0.2) is 59.5 Å². The summed E-state index contributed by atoms with van der Waals surface area (Å²) in [6.45, 7) is 2.95. The molecule has 0 unspecified atom stereocenters. The average molecular weight is 333 g/mol. The molecule has 2 rings (SSSR count). The Balaban J connectivity index is 2.45. The minimum absolute atomic E-state index is 0.0899. The fraction of sp³-hybridized carbons (Fsp3) is 0.235. The molecule has 0 saturated carbocycles. The Morgan fingerprint density at radius 3 is 2.17 bits per heavy atom. The van der Waals surface area contributed by atoms with Gasteiger partial charge < -0.3 is 5.11 Å². The van der Waals surface area contributed by atoms with Crippen molar-refractivity contribution >= 4 is 16.0 Å². The summed E-state index contributed by atoms with van der Waals surface area (Å²) in [6, 6.07) is 14.8. The molecule has 0 spiro atoms. The Bertz CT molecular complexity index is 770. The van der Waals surface area contributed by atoms with Gasteiger partial charge in [-0.1, -0.05) is 48.0 Å². The summed E-state index contributed by atoms with van der Waals surface area (Å²) in [7, 11) is -3.91. The fourth-order valence-electron chi connectivity index (χ4n) is 2.31. The third-order valence-corrected chi connectivity index (χ3v) is 5.56. The normalized spacial score (nSPS) is 13.0. The first-order chi connectivity index (χ1) is 10.8. The van der Waals surface area contributed by atoms with Crippen LogP contribution < -0.4 is 0 Å². The lowest BCUT2D eigenvalue weighted by atomic mass is 10.1. The van der Waals surface area contributed by atoms with Crippen molar-refractivity contribution in [3.8, 4) is 0 Å². The minimum Gasteiger partial charge on any atom is -0.480 e. The van der Waals surface area contributed by atoms with Crippen LogP contribution in [0.25, 0.3) is 0 Å². The van der Waals surface area contributed by atoms with Crippen LogP contribution in [0.4, 0.5) is 0 Å². The molecule has 5 nitrogen and oxygen atoms in total. The van der Waals surface area contributed by atoms with Crippen LogP contribution in [0.2, 0.25) is 0 Å². The van der Waals surface area contributed by atoms with Crippen molar-refractivity contribution in [2.45, 2.75) is 24.8 Å². The first kappa shape index (κ1) is 17.2. The van der Waals surface area contributed by atoms with Gasteiger partial charge in [-0.3, -0.25) is 4.79 Å². The summed E-state index contributed by atoms with van der Waals surface area (Å²) < 4.78 is 26.7. The highest BCUT2D eigenvalue weighted by molar-refractivity contribution is 7.89. The highest BCUT2D eigenvalue weighted by Crippen LogP contribution is 2.27. The molecule has 0 saturated heterocycles. The standard InChI is InChI=1S/C17H19NO4S/c1-13-8-10-16(11-9-13)23(21,22)18(12-17(19)20)14(2)15-6-4-3-5-7-15/h3-11,14H,12H2,1-2H3,(H,19,20)/t14-/m0/s1. The third kappa shape index (κ3) is 3.97. The summed E-state index contributed by atoms with van der Waals surface area (Å²) in [5.41, 5.74) is 1.68. The van der Waals surface area contributed by atoms with Gasteiger partial charge in [0.2, 0.25) is 10.0 Å². The monoisotopic (exact) mass is 333 g/mol. The van der Waals surface area contributed by atoms with Crippen molar-refractivity contribution in [1.82, 2.24) is 4.31 Å². The van der Waals surface area contributed by atoms with Crippen LogP contribution in [-0.2, 0) is 14.8 Å². The molecule has 0 heterocycles. The maximum atomic E-state index is 12.9. The van der Waals surface area contributed by atoms with Crippen LogP contribution >= 0.6 is 0 Å². The van der Waals surface area contributed by atoms with Crippen LogP contribution in [0.3, 0.4) is 0 Å². The quantitative estimate of drug-likeness (QED) is 0.882. The second-order valence-electron chi connectivity index (χ2n) is 5.34. The summed E-state index contributed by atoms with van der Waals surface area (Å²) in [6.07, 6.45) is 0. The van der Waals surface area contributed by atoms with E-state index in [1.165, 1.54) is 12.1 Å². The zero-order valence-corrected chi connectivity index (χ0v) is 13.8. The second-order valence-corrected chi connectivity index (χ2v) is 7.23. The predicted octanol–water partition coefficient (Wildman–Crippen LogP) is 2.83. The molecule has 2 aromatic rings. The van der Waals surface area contributed by atoms with Crippen molar-refractivity contribution < 1.29 is 18.3 Å². The molecule has 23 heavy (non-hydrogen) atoms. The van der Waals surface area contributed by atoms with E-state index in [1.54, 1.807) is 43.3 Å². The maximum absolute atomic E-state index is 12.9. The number of carboxylic acid groups (broad SMARTS) is 1. The Morgan fingerprint density at radius 1 is 1.09 bits per heavy atom. The molecular formula is C17H19NO4S. The Hall–Kier alpha value is -2.18. The van der Waals surface area contributed by atoms with E-state index in [-0.39, 0.29) is 4.90 Å². The SMILES string of the molecule is Cc1ccc(S(=O)(=O)N(CC(=O)O)[C@@H](C)c2ccccc2)cc1. The molecule has 0 aromatic heterocycles. The predicted molar refractivity (Wildman–Crippen MR) is 87.6 cm³/mol. The van der Waals surface area contributed by atoms with E-state index in [0.717, 1.165) is 15.4 Å². The molecule has 1 atom stereocenters. The van der Waals surface area contributed by atoms with Crippen LogP contribution in [0.5, 0.6) is 0 Å². The Kier molecular flexibility index (Phi) is 5.18. The lowest BCUT2D eigenvalue weighted by molar-refractivity contribution is -0.137.